The van der Waals surface area contributed by atoms with E-state index < -0.39 is 24.5 Å². The maximum absolute atomic E-state index is 12.7. The summed E-state index contributed by atoms with van der Waals surface area (Å²) in [5.41, 5.74) is 0.345. The number of carbonyl (C=O) groups is 1. The molecule has 1 rings (SSSR count). The number of para-hydroxylation sites is 2. The predicted molar refractivity (Wildman–Crippen MR) is 69.8 cm³/mol. The quantitative estimate of drug-likeness (QED) is 0.846. The van der Waals surface area contributed by atoms with Crippen molar-refractivity contribution in [1.29, 1.82) is 0 Å². The largest absolute Gasteiger partial charge is 0.495 e. The second-order valence-electron chi connectivity index (χ2n) is 4.10. The van der Waals surface area contributed by atoms with Gasteiger partial charge in [-0.15, -0.1) is 0 Å². The van der Waals surface area contributed by atoms with Gasteiger partial charge in [-0.25, -0.2) is 0 Å². The Morgan fingerprint density at radius 2 is 2.00 bits per heavy atom. The van der Waals surface area contributed by atoms with Crippen molar-refractivity contribution in [2.75, 3.05) is 19.0 Å². The number of benzene rings is 1. The average Bonchev–Trinajstić information content (AvgIpc) is 2.37. The van der Waals surface area contributed by atoms with E-state index in [4.69, 9.17) is 4.74 Å². The molecule has 7 heteroatoms. The van der Waals surface area contributed by atoms with Crippen LogP contribution in [0.4, 0.5) is 18.9 Å². The van der Waals surface area contributed by atoms with E-state index in [-0.39, 0.29) is 6.54 Å². The molecule has 0 aliphatic rings. The molecule has 1 atom stereocenters. The van der Waals surface area contributed by atoms with Gasteiger partial charge in [0, 0.05) is 0 Å². The molecule has 4 nitrogen and oxygen atoms in total. The Morgan fingerprint density at radius 1 is 1.35 bits per heavy atom. The number of halogens is 3. The summed E-state index contributed by atoms with van der Waals surface area (Å²) >= 11 is 0. The van der Waals surface area contributed by atoms with Gasteiger partial charge in [0.25, 0.3) is 0 Å². The van der Waals surface area contributed by atoms with Gasteiger partial charge >= 0.3 is 6.18 Å². The third-order valence-electron chi connectivity index (χ3n) is 2.62. The van der Waals surface area contributed by atoms with Crippen LogP contribution in [0.1, 0.15) is 13.3 Å². The van der Waals surface area contributed by atoms with E-state index in [1.54, 1.807) is 31.2 Å². The minimum absolute atomic E-state index is 0.131. The fraction of sp³-hybridized carbons (Fsp3) is 0.462. The summed E-state index contributed by atoms with van der Waals surface area (Å²) in [5, 5.41) is 4.67. The molecule has 1 amide bonds. The molecule has 0 heterocycles. The standard InChI is InChI=1S/C13H17F3N2O2/c1-3-17-11(13(14,15)16)8-12(19)18-9-6-4-5-7-10(9)20-2/h4-7,11,17H,3,8H2,1-2H3,(H,18,19). The van der Waals surface area contributed by atoms with Crippen molar-refractivity contribution in [3.63, 3.8) is 0 Å². The summed E-state index contributed by atoms with van der Waals surface area (Å²) in [6, 6.07) is 4.67. The predicted octanol–water partition coefficient (Wildman–Crippen LogP) is 2.56. The van der Waals surface area contributed by atoms with Crippen LogP contribution in [0.3, 0.4) is 0 Å². The second kappa shape index (κ2) is 7.14. The minimum atomic E-state index is -4.46. The smallest absolute Gasteiger partial charge is 0.404 e. The third-order valence-corrected chi connectivity index (χ3v) is 2.62. The number of amides is 1. The lowest BCUT2D eigenvalue weighted by molar-refractivity contribution is -0.160. The van der Waals surface area contributed by atoms with Gasteiger partial charge in [0.1, 0.15) is 11.8 Å². The zero-order valence-electron chi connectivity index (χ0n) is 11.3. The highest BCUT2D eigenvalue weighted by molar-refractivity contribution is 5.92. The van der Waals surface area contributed by atoms with E-state index in [1.807, 2.05) is 0 Å². The summed E-state index contributed by atoms with van der Waals surface area (Å²) in [6.45, 7) is 1.68. The number of rotatable bonds is 6. The average molecular weight is 290 g/mol. The zero-order chi connectivity index (χ0) is 15.2. The third kappa shape index (κ3) is 4.73. The lowest BCUT2D eigenvalue weighted by Crippen LogP contribution is -2.44. The number of hydrogen-bond donors (Lipinski definition) is 2. The Hall–Kier alpha value is -1.76. The van der Waals surface area contributed by atoms with Crippen LogP contribution in [0.5, 0.6) is 5.75 Å². The van der Waals surface area contributed by atoms with Gasteiger partial charge < -0.3 is 15.4 Å². The summed E-state index contributed by atoms with van der Waals surface area (Å²) < 4.78 is 43.1. The topological polar surface area (TPSA) is 50.4 Å². The van der Waals surface area contributed by atoms with Gasteiger partial charge in [-0.2, -0.15) is 13.2 Å². The van der Waals surface area contributed by atoms with Gasteiger partial charge in [0.05, 0.1) is 19.2 Å². The number of methoxy groups -OCH3 is 1. The Bertz CT molecular complexity index is 449. The van der Waals surface area contributed by atoms with Crippen molar-refractivity contribution in [2.45, 2.75) is 25.6 Å². The first-order valence-electron chi connectivity index (χ1n) is 6.11. The molecule has 0 aliphatic carbocycles. The van der Waals surface area contributed by atoms with Crippen molar-refractivity contribution in [3.05, 3.63) is 24.3 Å². The van der Waals surface area contributed by atoms with Gasteiger partial charge in [0.15, 0.2) is 0 Å². The van der Waals surface area contributed by atoms with Crippen LogP contribution in [-0.2, 0) is 4.79 Å². The SMILES string of the molecule is CCNC(CC(=O)Nc1ccccc1OC)C(F)(F)F. The summed E-state index contributed by atoms with van der Waals surface area (Å²) in [5.74, 6) is -0.328. The Kier molecular flexibility index (Phi) is 5.82. The molecule has 0 aromatic heterocycles. The highest BCUT2D eigenvalue weighted by Gasteiger charge is 2.40. The molecule has 0 radical (unpaired) electrons. The number of hydrogen-bond acceptors (Lipinski definition) is 3. The lowest BCUT2D eigenvalue weighted by atomic mass is 10.2. The maximum Gasteiger partial charge on any atom is 0.404 e. The molecular formula is C13H17F3N2O2. The Labute approximate surface area is 115 Å². The van der Waals surface area contributed by atoms with Gasteiger partial charge in [-0.05, 0) is 18.7 Å². The first kappa shape index (κ1) is 16.3. The molecule has 0 spiro atoms. The van der Waals surface area contributed by atoms with Gasteiger partial charge in [-0.3, -0.25) is 4.79 Å². The molecule has 20 heavy (non-hydrogen) atoms. The van der Waals surface area contributed by atoms with Crippen LogP contribution in [-0.4, -0.2) is 31.8 Å². The van der Waals surface area contributed by atoms with Crippen molar-refractivity contribution in [2.24, 2.45) is 0 Å². The molecular weight excluding hydrogens is 273 g/mol. The van der Waals surface area contributed by atoms with Crippen molar-refractivity contribution >= 4 is 11.6 Å². The van der Waals surface area contributed by atoms with Crippen molar-refractivity contribution in [1.82, 2.24) is 5.32 Å². The van der Waals surface area contributed by atoms with Crippen molar-refractivity contribution < 1.29 is 22.7 Å². The van der Waals surface area contributed by atoms with Crippen LogP contribution in [0.25, 0.3) is 0 Å². The van der Waals surface area contributed by atoms with Crippen LogP contribution < -0.4 is 15.4 Å². The number of carbonyl (C=O) groups excluding carboxylic acids is 1. The van der Waals surface area contributed by atoms with E-state index in [1.165, 1.54) is 7.11 Å². The summed E-state index contributed by atoms with van der Waals surface area (Å²) in [4.78, 5) is 11.7. The monoisotopic (exact) mass is 290 g/mol. The van der Waals surface area contributed by atoms with Crippen molar-refractivity contribution in [3.8, 4) is 5.75 Å². The molecule has 0 aliphatic heterocycles. The van der Waals surface area contributed by atoms with Gasteiger partial charge in [0.2, 0.25) is 5.91 Å². The molecule has 1 unspecified atom stereocenters. The second-order valence-corrected chi connectivity index (χ2v) is 4.10. The first-order chi connectivity index (χ1) is 9.38. The summed E-state index contributed by atoms with van der Waals surface area (Å²) in [6.07, 6.45) is -5.15. The van der Waals surface area contributed by atoms with Crippen LogP contribution in [0, 0.1) is 0 Å². The van der Waals surface area contributed by atoms with E-state index in [2.05, 4.69) is 10.6 Å². The minimum Gasteiger partial charge on any atom is -0.495 e. The molecule has 112 valence electrons. The number of alkyl halides is 3. The van der Waals surface area contributed by atoms with E-state index in [9.17, 15) is 18.0 Å². The highest BCUT2D eigenvalue weighted by atomic mass is 19.4. The van der Waals surface area contributed by atoms with E-state index in [0.29, 0.717) is 11.4 Å². The molecule has 0 saturated heterocycles. The lowest BCUT2D eigenvalue weighted by Gasteiger charge is -2.20. The van der Waals surface area contributed by atoms with Crippen LogP contribution >= 0.6 is 0 Å². The fourth-order valence-corrected chi connectivity index (χ4v) is 1.68. The Morgan fingerprint density at radius 3 is 2.55 bits per heavy atom. The zero-order valence-corrected chi connectivity index (χ0v) is 11.3. The first-order valence-corrected chi connectivity index (χ1v) is 6.11. The molecule has 1 aromatic rings. The number of nitrogens with one attached hydrogen (secondary N) is 2. The molecule has 0 fully saturated rings. The number of anilines is 1. The van der Waals surface area contributed by atoms with Crippen LogP contribution in [0.2, 0.25) is 0 Å². The highest BCUT2D eigenvalue weighted by Crippen LogP contribution is 2.25. The number of ether oxygens (including phenoxy) is 1. The maximum atomic E-state index is 12.7. The molecule has 2 N–H and O–H groups in total. The fourth-order valence-electron chi connectivity index (χ4n) is 1.68. The molecule has 1 aromatic carbocycles. The van der Waals surface area contributed by atoms with E-state index in [0.717, 1.165) is 0 Å². The van der Waals surface area contributed by atoms with Crippen LogP contribution in [0.15, 0.2) is 24.3 Å². The summed E-state index contributed by atoms with van der Waals surface area (Å²) in [7, 11) is 1.42. The normalized spacial score (nSPS) is 12.8. The molecule has 0 bridgehead atoms. The molecule has 0 saturated carbocycles. The van der Waals surface area contributed by atoms with E-state index >= 15 is 0 Å². The Balaban J connectivity index is 2.71. The van der Waals surface area contributed by atoms with Gasteiger partial charge in [-0.1, -0.05) is 19.1 Å².